The smallest absolute Gasteiger partial charge is 0.331 e. The summed E-state index contributed by atoms with van der Waals surface area (Å²) < 4.78 is 42.5. The molecule has 9 heteroatoms. The van der Waals surface area contributed by atoms with Crippen LogP contribution >= 0.6 is 0 Å². The van der Waals surface area contributed by atoms with Gasteiger partial charge in [0.05, 0.1) is 86.4 Å². The molecule has 0 bridgehead atoms. The number of methoxy groups -OCH3 is 1. The third-order valence-electron chi connectivity index (χ3n) is 6.82. The minimum Gasteiger partial charge on any atom is -0.467 e. The molecule has 0 amide bonds. The topological polar surface area (TPSA) is 90.9 Å². The quantitative estimate of drug-likeness (QED) is 0.0578. The zero-order valence-corrected chi connectivity index (χ0v) is 27.4. The maximum Gasteiger partial charge on any atom is 0.331 e. The van der Waals surface area contributed by atoms with Crippen LogP contribution in [0.25, 0.3) is 0 Å². The van der Waals surface area contributed by atoms with Crippen LogP contribution in [-0.2, 0) is 42.7 Å². The van der Waals surface area contributed by atoms with Crippen molar-refractivity contribution in [3.8, 4) is 0 Å². The van der Waals surface area contributed by atoms with Crippen molar-refractivity contribution < 1.29 is 42.7 Å². The van der Waals surface area contributed by atoms with Crippen molar-refractivity contribution >= 4 is 5.97 Å². The second-order valence-corrected chi connectivity index (χ2v) is 10.6. The Labute approximate surface area is 257 Å². The van der Waals surface area contributed by atoms with Crippen LogP contribution < -0.4 is 0 Å². The van der Waals surface area contributed by atoms with Crippen molar-refractivity contribution in [1.82, 2.24) is 0 Å². The number of hydrogen-bond acceptors (Lipinski definition) is 9. The van der Waals surface area contributed by atoms with Gasteiger partial charge in [0, 0.05) is 6.61 Å². The van der Waals surface area contributed by atoms with E-state index in [1.807, 2.05) is 0 Å². The molecule has 0 atom stereocenters. The van der Waals surface area contributed by atoms with E-state index in [0.717, 1.165) is 13.0 Å². The highest BCUT2D eigenvalue weighted by Gasteiger charge is 1.99. The second kappa shape index (κ2) is 38.2. The molecule has 0 aromatic heterocycles. The highest BCUT2D eigenvalue weighted by atomic mass is 16.6. The Morgan fingerprint density at radius 2 is 0.619 bits per heavy atom. The standard InChI is InChI=1S/C33H66O9/c1-3-4-5-6-7-8-9-10-11-12-13-14-15-16-17-18-19-36-20-21-37-22-23-38-24-25-39-26-27-40-28-29-41-30-31-42-32-33(34)35-2/h3-32H2,1-2H3. The molecular weight excluding hydrogens is 540 g/mol. The average molecular weight is 607 g/mol. The van der Waals surface area contributed by atoms with Gasteiger partial charge in [-0.05, 0) is 6.42 Å². The fourth-order valence-corrected chi connectivity index (χ4v) is 4.29. The maximum atomic E-state index is 10.9. The molecule has 0 heterocycles. The molecule has 0 aliphatic heterocycles. The van der Waals surface area contributed by atoms with Gasteiger partial charge >= 0.3 is 5.97 Å². The average Bonchev–Trinajstić information content (AvgIpc) is 3.00. The number of ether oxygens (including phenoxy) is 8. The summed E-state index contributed by atoms with van der Waals surface area (Å²) in [5, 5.41) is 0. The Morgan fingerprint density at radius 1 is 0.357 bits per heavy atom. The minimum absolute atomic E-state index is 0.0565. The Hall–Kier alpha value is -0.810. The lowest BCUT2D eigenvalue weighted by Crippen LogP contribution is -2.15. The van der Waals surface area contributed by atoms with E-state index in [-0.39, 0.29) is 6.61 Å². The number of hydrogen-bond donors (Lipinski definition) is 0. The molecule has 0 fully saturated rings. The van der Waals surface area contributed by atoms with Gasteiger partial charge in [-0.25, -0.2) is 4.79 Å². The summed E-state index contributed by atoms with van der Waals surface area (Å²) in [6.07, 6.45) is 22.2. The lowest BCUT2D eigenvalue weighted by atomic mass is 10.0. The lowest BCUT2D eigenvalue weighted by molar-refractivity contribution is -0.146. The van der Waals surface area contributed by atoms with Crippen molar-refractivity contribution in [3.05, 3.63) is 0 Å². The van der Waals surface area contributed by atoms with Gasteiger partial charge in [0.25, 0.3) is 0 Å². The number of rotatable bonds is 37. The van der Waals surface area contributed by atoms with Crippen molar-refractivity contribution in [1.29, 1.82) is 0 Å². The van der Waals surface area contributed by atoms with Gasteiger partial charge in [-0.2, -0.15) is 0 Å². The van der Waals surface area contributed by atoms with Gasteiger partial charge in [-0.15, -0.1) is 0 Å². The van der Waals surface area contributed by atoms with E-state index in [2.05, 4.69) is 11.7 Å². The first-order chi connectivity index (χ1) is 20.8. The summed E-state index contributed by atoms with van der Waals surface area (Å²) in [5.41, 5.74) is 0. The van der Waals surface area contributed by atoms with Crippen LogP contribution in [-0.4, -0.2) is 106 Å². The van der Waals surface area contributed by atoms with Crippen LogP contribution in [0.1, 0.15) is 110 Å². The molecule has 0 aliphatic carbocycles. The monoisotopic (exact) mass is 606 g/mol. The fraction of sp³-hybridized carbons (Fsp3) is 0.970. The summed E-state index contributed by atoms with van der Waals surface area (Å²) in [6.45, 7) is 9.23. The Morgan fingerprint density at radius 3 is 0.929 bits per heavy atom. The van der Waals surface area contributed by atoms with E-state index >= 15 is 0 Å². The third-order valence-corrected chi connectivity index (χ3v) is 6.82. The van der Waals surface area contributed by atoms with Gasteiger partial charge in [-0.3, -0.25) is 0 Å². The van der Waals surface area contributed by atoms with Crippen molar-refractivity contribution in [2.45, 2.75) is 110 Å². The van der Waals surface area contributed by atoms with Crippen LogP contribution in [0.4, 0.5) is 0 Å². The molecule has 0 aromatic carbocycles. The zero-order valence-electron chi connectivity index (χ0n) is 27.4. The molecule has 0 N–H and O–H groups in total. The largest absolute Gasteiger partial charge is 0.467 e. The van der Waals surface area contributed by atoms with Gasteiger partial charge in [0.2, 0.25) is 0 Å². The summed E-state index contributed by atoms with van der Waals surface area (Å²) >= 11 is 0. The number of carbonyl (C=O) groups excluding carboxylic acids is 1. The van der Waals surface area contributed by atoms with E-state index in [9.17, 15) is 4.79 Å². The third kappa shape index (κ3) is 37.2. The zero-order chi connectivity index (χ0) is 30.4. The molecule has 42 heavy (non-hydrogen) atoms. The van der Waals surface area contributed by atoms with Crippen LogP contribution in [0, 0.1) is 0 Å². The number of esters is 1. The number of unbranched alkanes of at least 4 members (excludes halogenated alkanes) is 15. The lowest BCUT2D eigenvalue weighted by Gasteiger charge is -2.08. The molecule has 0 rings (SSSR count). The van der Waals surface area contributed by atoms with Gasteiger partial charge < -0.3 is 37.9 Å². The molecule has 9 nitrogen and oxygen atoms in total. The maximum absolute atomic E-state index is 10.9. The van der Waals surface area contributed by atoms with Gasteiger partial charge in [0.15, 0.2) is 0 Å². The van der Waals surface area contributed by atoms with E-state index in [0.29, 0.717) is 79.3 Å². The van der Waals surface area contributed by atoms with Crippen LogP contribution in [0.5, 0.6) is 0 Å². The second-order valence-electron chi connectivity index (χ2n) is 10.6. The highest BCUT2D eigenvalue weighted by molar-refractivity contribution is 5.70. The first kappa shape index (κ1) is 41.2. The van der Waals surface area contributed by atoms with E-state index in [1.165, 1.54) is 103 Å². The molecule has 0 aliphatic rings. The molecule has 0 unspecified atom stereocenters. The van der Waals surface area contributed by atoms with E-state index in [4.69, 9.17) is 33.2 Å². The van der Waals surface area contributed by atoms with E-state index in [1.54, 1.807) is 0 Å². The molecule has 0 saturated carbocycles. The van der Waals surface area contributed by atoms with Crippen molar-refractivity contribution in [2.24, 2.45) is 0 Å². The highest BCUT2D eigenvalue weighted by Crippen LogP contribution is 2.13. The van der Waals surface area contributed by atoms with Gasteiger partial charge in [-0.1, -0.05) is 103 Å². The Kier molecular flexibility index (Phi) is 37.5. The van der Waals surface area contributed by atoms with E-state index < -0.39 is 5.97 Å². The van der Waals surface area contributed by atoms with Crippen molar-refractivity contribution in [3.63, 3.8) is 0 Å². The molecule has 0 radical (unpaired) electrons. The van der Waals surface area contributed by atoms with Crippen molar-refractivity contribution in [2.75, 3.05) is 99.6 Å². The molecule has 0 spiro atoms. The summed E-state index contributed by atoms with van der Waals surface area (Å²) in [7, 11) is 1.33. The SMILES string of the molecule is CCCCCCCCCCCCCCCCCCOCCOCCOCCOCCOCCOCCOCC(=O)OC. The van der Waals surface area contributed by atoms with Crippen LogP contribution in [0.3, 0.4) is 0 Å². The summed E-state index contributed by atoms with van der Waals surface area (Å²) in [6, 6.07) is 0. The summed E-state index contributed by atoms with van der Waals surface area (Å²) in [5.74, 6) is -0.395. The normalized spacial score (nSPS) is 11.4. The summed E-state index contributed by atoms with van der Waals surface area (Å²) in [4.78, 5) is 10.9. The fourth-order valence-electron chi connectivity index (χ4n) is 4.29. The Balaban J connectivity index is 3.04. The predicted molar refractivity (Wildman–Crippen MR) is 167 cm³/mol. The first-order valence-corrected chi connectivity index (χ1v) is 16.9. The minimum atomic E-state index is -0.395. The first-order valence-electron chi connectivity index (χ1n) is 16.9. The number of carbonyl (C=O) groups is 1. The molecule has 0 aromatic rings. The van der Waals surface area contributed by atoms with Crippen LogP contribution in [0.2, 0.25) is 0 Å². The predicted octanol–water partition coefficient (Wildman–Crippen LogP) is 6.54. The van der Waals surface area contributed by atoms with Gasteiger partial charge in [0.1, 0.15) is 6.61 Å². The molecule has 252 valence electrons. The molecular formula is C33H66O9. The Bertz CT molecular complexity index is 508. The van der Waals surface area contributed by atoms with Crippen LogP contribution in [0.15, 0.2) is 0 Å². The molecule has 0 saturated heterocycles.